The summed E-state index contributed by atoms with van der Waals surface area (Å²) < 4.78 is 5.72. The molecule has 88 valence electrons. The summed E-state index contributed by atoms with van der Waals surface area (Å²) in [6.45, 7) is 4.85. The highest BCUT2D eigenvalue weighted by molar-refractivity contribution is 5.70. The molecule has 0 aromatic rings. The molecule has 0 bridgehead atoms. The van der Waals surface area contributed by atoms with E-state index in [1.807, 2.05) is 0 Å². The minimum absolute atomic E-state index is 0.0626. The predicted octanol–water partition coefficient (Wildman–Crippen LogP) is 2.69. The standard InChI is InChI=1S/C12H22O3/c1-9(2)8-15-11-7-5-3-4-6-10(11)12(13)14/h9-11H,3-8H2,1-2H3,(H,13,14). The van der Waals surface area contributed by atoms with E-state index in [4.69, 9.17) is 9.84 Å². The first kappa shape index (κ1) is 12.5. The van der Waals surface area contributed by atoms with Crippen LogP contribution in [0.3, 0.4) is 0 Å². The molecule has 0 amide bonds. The Balaban J connectivity index is 2.50. The molecule has 0 saturated heterocycles. The van der Waals surface area contributed by atoms with Gasteiger partial charge in [0.05, 0.1) is 12.0 Å². The van der Waals surface area contributed by atoms with Crippen molar-refractivity contribution in [2.45, 2.75) is 52.1 Å². The van der Waals surface area contributed by atoms with Crippen molar-refractivity contribution in [1.29, 1.82) is 0 Å². The fraction of sp³-hybridized carbons (Fsp3) is 0.917. The first-order valence-corrected chi connectivity index (χ1v) is 5.95. The van der Waals surface area contributed by atoms with Crippen LogP contribution in [0.15, 0.2) is 0 Å². The van der Waals surface area contributed by atoms with Crippen LogP contribution in [0.25, 0.3) is 0 Å². The van der Waals surface area contributed by atoms with Crippen LogP contribution in [0.2, 0.25) is 0 Å². The Morgan fingerprint density at radius 2 is 2.00 bits per heavy atom. The second-order valence-electron chi connectivity index (χ2n) is 4.85. The van der Waals surface area contributed by atoms with Crippen LogP contribution in [0, 0.1) is 11.8 Å². The summed E-state index contributed by atoms with van der Waals surface area (Å²) in [7, 11) is 0. The lowest BCUT2D eigenvalue weighted by Crippen LogP contribution is -2.30. The maximum atomic E-state index is 11.1. The highest BCUT2D eigenvalue weighted by Gasteiger charge is 2.30. The third-order valence-electron chi connectivity index (χ3n) is 2.91. The zero-order valence-corrected chi connectivity index (χ0v) is 9.74. The SMILES string of the molecule is CC(C)COC1CCCCCC1C(=O)O. The van der Waals surface area contributed by atoms with Crippen molar-refractivity contribution < 1.29 is 14.6 Å². The molecule has 3 nitrogen and oxygen atoms in total. The molecule has 0 spiro atoms. The number of aliphatic carboxylic acids is 1. The summed E-state index contributed by atoms with van der Waals surface area (Å²) in [6, 6.07) is 0. The van der Waals surface area contributed by atoms with E-state index in [0.29, 0.717) is 12.5 Å². The molecule has 15 heavy (non-hydrogen) atoms. The molecular formula is C12H22O3. The Morgan fingerprint density at radius 3 is 2.60 bits per heavy atom. The van der Waals surface area contributed by atoms with E-state index in [1.165, 1.54) is 0 Å². The van der Waals surface area contributed by atoms with Crippen molar-refractivity contribution in [1.82, 2.24) is 0 Å². The van der Waals surface area contributed by atoms with E-state index in [2.05, 4.69) is 13.8 Å². The van der Waals surface area contributed by atoms with Gasteiger partial charge in [-0.15, -0.1) is 0 Å². The molecule has 1 aliphatic carbocycles. The molecule has 1 saturated carbocycles. The zero-order chi connectivity index (χ0) is 11.3. The van der Waals surface area contributed by atoms with E-state index >= 15 is 0 Å². The van der Waals surface area contributed by atoms with Crippen molar-refractivity contribution in [3.63, 3.8) is 0 Å². The van der Waals surface area contributed by atoms with Crippen molar-refractivity contribution in [2.75, 3.05) is 6.61 Å². The summed E-state index contributed by atoms with van der Waals surface area (Å²) in [6.07, 6.45) is 4.89. The van der Waals surface area contributed by atoms with Crippen molar-refractivity contribution in [3.05, 3.63) is 0 Å². The van der Waals surface area contributed by atoms with E-state index < -0.39 is 5.97 Å². The maximum absolute atomic E-state index is 11.1. The summed E-state index contributed by atoms with van der Waals surface area (Å²) in [5.74, 6) is -0.500. The van der Waals surface area contributed by atoms with E-state index in [1.54, 1.807) is 0 Å². The lowest BCUT2D eigenvalue weighted by molar-refractivity contribution is -0.148. The Labute approximate surface area is 91.8 Å². The third kappa shape index (κ3) is 4.20. The fourth-order valence-electron chi connectivity index (χ4n) is 2.07. The van der Waals surface area contributed by atoms with Gasteiger partial charge in [0.15, 0.2) is 0 Å². The molecule has 1 rings (SSSR count). The van der Waals surface area contributed by atoms with Gasteiger partial charge in [-0.1, -0.05) is 33.1 Å². The number of hydrogen-bond donors (Lipinski definition) is 1. The monoisotopic (exact) mass is 214 g/mol. The zero-order valence-electron chi connectivity index (χ0n) is 9.74. The van der Waals surface area contributed by atoms with E-state index in [9.17, 15) is 4.79 Å². The molecule has 0 radical (unpaired) electrons. The maximum Gasteiger partial charge on any atom is 0.309 e. The van der Waals surface area contributed by atoms with Gasteiger partial charge in [0.2, 0.25) is 0 Å². The Morgan fingerprint density at radius 1 is 1.33 bits per heavy atom. The van der Waals surface area contributed by atoms with Crippen molar-refractivity contribution in [3.8, 4) is 0 Å². The number of rotatable bonds is 4. The molecular weight excluding hydrogens is 192 g/mol. The molecule has 1 aliphatic rings. The van der Waals surface area contributed by atoms with Crippen molar-refractivity contribution in [2.24, 2.45) is 11.8 Å². The molecule has 1 N–H and O–H groups in total. The number of hydrogen-bond acceptors (Lipinski definition) is 2. The van der Waals surface area contributed by atoms with Gasteiger partial charge in [-0.05, 0) is 18.8 Å². The smallest absolute Gasteiger partial charge is 0.309 e. The average molecular weight is 214 g/mol. The minimum atomic E-state index is -0.689. The molecule has 0 heterocycles. The molecule has 0 aromatic carbocycles. The van der Waals surface area contributed by atoms with Gasteiger partial charge in [0, 0.05) is 6.61 Å². The van der Waals surface area contributed by atoms with Crippen LogP contribution in [0.1, 0.15) is 46.0 Å². The highest BCUT2D eigenvalue weighted by Crippen LogP contribution is 2.26. The van der Waals surface area contributed by atoms with Crippen LogP contribution >= 0.6 is 0 Å². The molecule has 3 heteroatoms. The van der Waals surface area contributed by atoms with Crippen LogP contribution in [-0.2, 0) is 9.53 Å². The Bertz CT molecular complexity index is 201. The van der Waals surface area contributed by atoms with Gasteiger partial charge in [-0.3, -0.25) is 4.79 Å². The molecule has 1 fully saturated rings. The highest BCUT2D eigenvalue weighted by atomic mass is 16.5. The van der Waals surface area contributed by atoms with Gasteiger partial charge in [0.1, 0.15) is 0 Å². The number of ether oxygens (including phenoxy) is 1. The first-order chi connectivity index (χ1) is 7.11. The van der Waals surface area contributed by atoms with Gasteiger partial charge < -0.3 is 9.84 Å². The predicted molar refractivity (Wildman–Crippen MR) is 58.8 cm³/mol. The van der Waals surface area contributed by atoms with Crippen LogP contribution < -0.4 is 0 Å². The first-order valence-electron chi connectivity index (χ1n) is 5.95. The fourth-order valence-corrected chi connectivity index (χ4v) is 2.07. The Hall–Kier alpha value is -0.570. The molecule has 0 aliphatic heterocycles. The van der Waals surface area contributed by atoms with Gasteiger partial charge >= 0.3 is 5.97 Å². The van der Waals surface area contributed by atoms with Crippen LogP contribution in [-0.4, -0.2) is 23.8 Å². The largest absolute Gasteiger partial charge is 0.481 e. The van der Waals surface area contributed by atoms with E-state index in [-0.39, 0.29) is 12.0 Å². The van der Waals surface area contributed by atoms with Gasteiger partial charge in [0.25, 0.3) is 0 Å². The van der Waals surface area contributed by atoms with Gasteiger partial charge in [-0.2, -0.15) is 0 Å². The lowest BCUT2D eigenvalue weighted by Gasteiger charge is -2.22. The van der Waals surface area contributed by atoms with Crippen LogP contribution in [0.4, 0.5) is 0 Å². The summed E-state index contributed by atoms with van der Waals surface area (Å²) in [5, 5.41) is 9.12. The quantitative estimate of drug-likeness (QED) is 0.732. The minimum Gasteiger partial charge on any atom is -0.481 e. The third-order valence-corrected chi connectivity index (χ3v) is 2.91. The topological polar surface area (TPSA) is 46.5 Å². The molecule has 0 aromatic heterocycles. The average Bonchev–Trinajstić information content (AvgIpc) is 2.39. The second-order valence-corrected chi connectivity index (χ2v) is 4.85. The van der Waals surface area contributed by atoms with E-state index in [0.717, 1.165) is 32.1 Å². The van der Waals surface area contributed by atoms with Gasteiger partial charge in [-0.25, -0.2) is 0 Å². The Kier molecular flexibility index (Phi) is 5.09. The van der Waals surface area contributed by atoms with Crippen molar-refractivity contribution >= 4 is 5.97 Å². The lowest BCUT2D eigenvalue weighted by atomic mass is 9.97. The van der Waals surface area contributed by atoms with Crippen LogP contribution in [0.5, 0.6) is 0 Å². The summed E-state index contributed by atoms with van der Waals surface area (Å²) >= 11 is 0. The summed E-state index contributed by atoms with van der Waals surface area (Å²) in [4.78, 5) is 11.1. The summed E-state index contributed by atoms with van der Waals surface area (Å²) in [5.41, 5.74) is 0. The number of carboxylic acids is 1. The molecule has 2 atom stereocenters. The second kappa shape index (κ2) is 6.11. The number of carbonyl (C=O) groups is 1. The normalized spacial score (nSPS) is 27.7. The molecule has 2 unspecified atom stereocenters. The number of carboxylic acid groups (broad SMARTS) is 1.